The molecule has 0 spiro atoms. The van der Waals surface area contributed by atoms with E-state index in [-0.39, 0.29) is 12.5 Å². The minimum Gasteiger partial charge on any atom is -0.463 e. The van der Waals surface area contributed by atoms with Crippen LogP contribution in [-0.4, -0.2) is 27.3 Å². The lowest BCUT2D eigenvalue weighted by Crippen LogP contribution is -2.38. The monoisotopic (exact) mass is 333 g/mol. The van der Waals surface area contributed by atoms with Gasteiger partial charge in [0.25, 0.3) is 5.91 Å². The van der Waals surface area contributed by atoms with Gasteiger partial charge < -0.3 is 14.8 Å². The lowest BCUT2D eigenvalue weighted by Gasteiger charge is -2.21. The molecular weight excluding hydrogens is 314 g/mol. The average molecular weight is 333 g/mol. The van der Waals surface area contributed by atoms with Crippen molar-refractivity contribution in [3.63, 3.8) is 0 Å². The zero-order valence-electron chi connectivity index (χ0n) is 13.5. The fourth-order valence-electron chi connectivity index (χ4n) is 2.47. The molecule has 6 nitrogen and oxygen atoms in total. The van der Waals surface area contributed by atoms with Gasteiger partial charge in [0.15, 0.2) is 0 Å². The van der Waals surface area contributed by atoms with Crippen molar-refractivity contribution >= 4 is 27.5 Å². The third-order valence-corrected chi connectivity index (χ3v) is 4.98. The molecular formula is C16H19N3O3S. The second-order valence-corrected chi connectivity index (χ2v) is 6.94. The molecule has 0 aromatic carbocycles. The Balaban J connectivity index is 1.74. The fraction of sp³-hybridized carbons (Fsp3) is 0.375. The molecule has 3 heterocycles. The number of fused-ring (bicyclic) bond motifs is 1. The number of carbonyl (C=O) groups excluding carboxylic acids is 1. The van der Waals surface area contributed by atoms with E-state index in [2.05, 4.69) is 10.4 Å². The maximum Gasteiger partial charge on any atom is 0.261 e. The first-order valence-corrected chi connectivity index (χ1v) is 8.10. The predicted molar refractivity (Wildman–Crippen MR) is 88.7 cm³/mol. The van der Waals surface area contributed by atoms with E-state index in [0.717, 1.165) is 21.7 Å². The molecule has 0 bridgehead atoms. The minimum atomic E-state index is -1.25. The van der Waals surface area contributed by atoms with Crippen LogP contribution in [0, 0.1) is 13.8 Å². The number of carbonyl (C=O) groups is 1. The zero-order valence-corrected chi connectivity index (χ0v) is 14.3. The molecule has 0 aliphatic carbocycles. The van der Waals surface area contributed by atoms with Crippen molar-refractivity contribution in [2.75, 3.05) is 6.54 Å². The first-order valence-electron chi connectivity index (χ1n) is 7.28. The van der Waals surface area contributed by atoms with E-state index >= 15 is 0 Å². The van der Waals surface area contributed by atoms with Crippen molar-refractivity contribution < 1.29 is 14.3 Å². The summed E-state index contributed by atoms with van der Waals surface area (Å²) in [6.07, 6.45) is 0. The van der Waals surface area contributed by atoms with Gasteiger partial charge >= 0.3 is 0 Å². The summed E-state index contributed by atoms with van der Waals surface area (Å²) in [5, 5.41) is 18.5. The number of nitrogens with zero attached hydrogens (tertiary/aromatic N) is 2. The molecule has 0 fully saturated rings. The van der Waals surface area contributed by atoms with Crippen molar-refractivity contribution in [1.29, 1.82) is 0 Å². The van der Waals surface area contributed by atoms with Crippen LogP contribution < -0.4 is 5.32 Å². The first kappa shape index (κ1) is 15.8. The molecule has 1 amide bonds. The number of aromatic nitrogens is 2. The second-order valence-electron chi connectivity index (χ2n) is 5.91. The Bertz CT molecular complexity index is 838. The maximum absolute atomic E-state index is 12.3. The van der Waals surface area contributed by atoms with E-state index < -0.39 is 5.60 Å². The molecule has 0 saturated heterocycles. The van der Waals surface area contributed by atoms with Gasteiger partial charge in [-0.25, -0.2) is 0 Å². The second kappa shape index (κ2) is 5.50. The zero-order chi connectivity index (χ0) is 16.8. The summed E-state index contributed by atoms with van der Waals surface area (Å²) < 4.78 is 7.21. The molecule has 3 aromatic rings. The Labute approximate surface area is 137 Å². The fourth-order valence-corrected chi connectivity index (χ4v) is 3.51. The molecule has 7 heteroatoms. The van der Waals surface area contributed by atoms with E-state index in [1.807, 2.05) is 27.0 Å². The van der Waals surface area contributed by atoms with Crippen molar-refractivity contribution in [3.05, 3.63) is 40.3 Å². The topological polar surface area (TPSA) is 80.3 Å². The van der Waals surface area contributed by atoms with Crippen LogP contribution in [0.4, 0.5) is 0 Å². The van der Waals surface area contributed by atoms with Gasteiger partial charge in [0, 0.05) is 12.4 Å². The van der Waals surface area contributed by atoms with Gasteiger partial charge in [-0.3, -0.25) is 9.48 Å². The molecule has 0 radical (unpaired) electrons. The summed E-state index contributed by atoms with van der Waals surface area (Å²) in [5.74, 6) is 0.944. The standard InChI is InChI=1S/C16H19N3O3S/c1-9-5-6-13(22-9)16(3,21)8-17-14(20)12-7-11-10(2)18-19(4)15(11)23-12/h5-7,21H,8H2,1-4H3,(H,17,20). The molecule has 0 aliphatic rings. The van der Waals surface area contributed by atoms with E-state index in [9.17, 15) is 9.90 Å². The highest BCUT2D eigenvalue weighted by molar-refractivity contribution is 7.20. The molecule has 1 atom stereocenters. The van der Waals surface area contributed by atoms with E-state index in [0.29, 0.717) is 10.6 Å². The van der Waals surface area contributed by atoms with Crippen LogP contribution in [0.3, 0.4) is 0 Å². The molecule has 3 rings (SSSR count). The van der Waals surface area contributed by atoms with Crippen LogP contribution in [0.15, 0.2) is 22.6 Å². The van der Waals surface area contributed by atoms with Gasteiger partial charge in [-0.2, -0.15) is 5.10 Å². The van der Waals surface area contributed by atoms with Crippen molar-refractivity contribution in [3.8, 4) is 0 Å². The highest BCUT2D eigenvalue weighted by atomic mass is 32.1. The quantitative estimate of drug-likeness (QED) is 0.769. The van der Waals surface area contributed by atoms with Crippen LogP contribution >= 0.6 is 11.3 Å². The summed E-state index contributed by atoms with van der Waals surface area (Å²) in [6, 6.07) is 5.34. The van der Waals surface area contributed by atoms with Gasteiger partial charge in [-0.05, 0) is 39.0 Å². The van der Waals surface area contributed by atoms with Crippen molar-refractivity contribution in [2.45, 2.75) is 26.4 Å². The van der Waals surface area contributed by atoms with Crippen LogP contribution in [0.2, 0.25) is 0 Å². The Kier molecular flexibility index (Phi) is 3.77. The van der Waals surface area contributed by atoms with Crippen LogP contribution in [0.1, 0.15) is 33.8 Å². The Hall–Kier alpha value is -2.12. The third-order valence-electron chi connectivity index (χ3n) is 3.78. The van der Waals surface area contributed by atoms with Gasteiger partial charge in [0.1, 0.15) is 22.0 Å². The van der Waals surface area contributed by atoms with Gasteiger partial charge in [-0.1, -0.05) is 0 Å². The van der Waals surface area contributed by atoms with Gasteiger partial charge in [0.2, 0.25) is 0 Å². The van der Waals surface area contributed by atoms with Gasteiger partial charge in [0.05, 0.1) is 17.1 Å². The minimum absolute atomic E-state index is 0.0737. The van der Waals surface area contributed by atoms with Crippen LogP contribution in [0.5, 0.6) is 0 Å². The highest BCUT2D eigenvalue weighted by Crippen LogP contribution is 2.28. The average Bonchev–Trinajstić information content (AvgIpc) is 3.16. The Morgan fingerprint density at radius 3 is 2.83 bits per heavy atom. The summed E-state index contributed by atoms with van der Waals surface area (Å²) in [7, 11) is 1.86. The van der Waals surface area contributed by atoms with E-state index in [4.69, 9.17) is 4.42 Å². The Morgan fingerprint density at radius 2 is 2.22 bits per heavy atom. The lowest BCUT2D eigenvalue weighted by atomic mass is 10.0. The number of aryl methyl sites for hydroxylation is 3. The largest absolute Gasteiger partial charge is 0.463 e. The SMILES string of the molecule is Cc1ccc(C(C)(O)CNC(=O)c2cc3c(C)nn(C)c3s2)o1. The number of rotatable bonds is 4. The molecule has 3 aromatic heterocycles. The number of furan rings is 1. The smallest absolute Gasteiger partial charge is 0.261 e. The van der Waals surface area contributed by atoms with E-state index in [1.165, 1.54) is 11.3 Å². The summed E-state index contributed by atoms with van der Waals surface area (Å²) >= 11 is 1.39. The van der Waals surface area contributed by atoms with Crippen molar-refractivity contribution in [1.82, 2.24) is 15.1 Å². The summed E-state index contributed by atoms with van der Waals surface area (Å²) in [5.41, 5.74) is -0.353. The number of thiophene rings is 1. The summed E-state index contributed by atoms with van der Waals surface area (Å²) in [4.78, 5) is 13.9. The maximum atomic E-state index is 12.3. The number of nitrogens with one attached hydrogen (secondary N) is 1. The lowest BCUT2D eigenvalue weighted by molar-refractivity contribution is 0.0324. The normalized spacial score (nSPS) is 14.1. The van der Waals surface area contributed by atoms with Crippen molar-refractivity contribution in [2.24, 2.45) is 7.05 Å². The molecule has 122 valence electrons. The molecule has 1 unspecified atom stereocenters. The number of amides is 1. The predicted octanol–water partition coefficient (Wildman–Crippen LogP) is 2.48. The number of hydrogen-bond donors (Lipinski definition) is 2. The van der Waals surface area contributed by atoms with Gasteiger partial charge in [-0.15, -0.1) is 11.3 Å². The third kappa shape index (κ3) is 2.89. The number of hydrogen-bond acceptors (Lipinski definition) is 5. The highest BCUT2D eigenvalue weighted by Gasteiger charge is 2.28. The van der Waals surface area contributed by atoms with Crippen LogP contribution in [0.25, 0.3) is 10.2 Å². The van der Waals surface area contributed by atoms with Crippen LogP contribution in [-0.2, 0) is 12.6 Å². The Morgan fingerprint density at radius 1 is 1.48 bits per heavy atom. The molecule has 0 aliphatic heterocycles. The molecule has 2 N–H and O–H groups in total. The van der Waals surface area contributed by atoms with E-state index in [1.54, 1.807) is 23.7 Å². The molecule has 0 saturated carbocycles. The first-order chi connectivity index (χ1) is 10.8. The molecule has 23 heavy (non-hydrogen) atoms. The summed E-state index contributed by atoms with van der Waals surface area (Å²) in [6.45, 7) is 5.42. The number of aliphatic hydroxyl groups is 1.